The van der Waals surface area contributed by atoms with E-state index in [-0.39, 0.29) is 0 Å². The van der Waals surface area contributed by atoms with Crippen LogP contribution in [-0.4, -0.2) is 31.5 Å². The Bertz CT molecular complexity index is 1110. The molecule has 1 aliphatic rings. The first-order valence-electron chi connectivity index (χ1n) is 10.1. The minimum atomic E-state index is 0.347. The van der Waals surface area contributed by atoms with Gasteiger partial charge in [-0.1, -0.05) is 6.92 Å². The number of imidazole rings is 1. The Balaban J connectivity index is 1.50. The molecule has 0 amide bonds. The lowest BCUT2D eigenvalue weighted by atomic mass is 9.97. The number of aromatic nitrogens is 5. The molecule has 6 nitrogen and oxygen atoms in total. The molecular formula is C22H23N5OS. The molecule has 0 fully saturated rings. The van der Waals surface area contributed by atoms with E-state index in [1.54, 1.807) is 30.1 Å². The Hall–Kier alpha value is -2.80. The largest absolute Gasteiger partial charge is 0.477 e. The minimum absolute atomic E-state index is 0.347. The number of aromatic amines is 1. The highest BCUT2D eigenvalue weighted by molar-refractivity contribution is 7.18. The summed E-state index contributed by atoms with van der Waals surface area (Å²) in [4.78, 5) is 23.6. The van der Waals surface area contributed by atoms with Crippen LogP contribution in [-0.2, 0) is 19.3 Å². The van der Waals surface area contributed by atoms with E-state index in [2.05, 4.69) is 21.9 Å². The summed E-state index contributed by atoms with van der Waals surface area (Å²) in [7, 11) is 0. The molecule has 7 heteroatoms. The zero-order chi connectivity index (χ0) is 19.6. The highest BCUT2D eigenvalue weighted by Gasteiger charge is 2.23. The van der Waals surface area contributed by atoms with Crippen molar-refractivity contribution in [2.24, 2.45) is 5.92 Å². The fourth-order valence-corrected chi connectivity index (χ4v) is 5.16. The molecule has 29 heavy (non-hydrogen) atoms. The molecule has 0 spiro atoms. The number of nitrogens with one attached hydrogen (secondary N) is 1. The maximum absolute atomic E-state index is 6.32. The Labute approximate surface area is 173 Å². The van der Waals surface area contributed by atoms with E-state index in [1.807, 2.05) is 18.3 Å². The van der Waals surface area contributed by atoms with Gasteiger partial charge in [0.15, 0.2) is 5.82 Å². The fourth-order valence-electron chi connectivity index (χ4n) is 3.91. The molecule has 5 rings (SSSR count). The van der Waals surface area contributed by atoms with Crippen LogP contribution in [0.4, 0.5) is 0 Å². The molecule has 0 bridgehead atoms. The summed E-state index contributed by atoms with van der Waals surface area (Å²) in [5, 5.41) is 1.12. The van der Waals surface area contributed by atoms with Gasteiger partial charge in [0, 0.05) is 34.7 Å². The van der Waals surface area contributed by atoms with Crippen molar-refractivity contribution in [3.63, 3.8) is 0 Å². The number of hydrogen-bond donors (Lipinski definition) is 1. The number of nitrogens with zero attached hydrogens (tertiary/aromatic N) is 4. The van der Waals surface area contributed by atoms with Gasteiger partial charge in [-0.05, 0) is 55.7 Å². The summed E-state index contributed by atoms with van der Waals surface area (Å²) in [6, 6.07) is 3.89. The van der Waals surface area contributed by atoms with E-state index in [4.69, 9.17) is 14.7 Å². The predicted molar refractivity (Wildman–Crippen MR) is 114 cm³/mol. The smallest absolute Gasteiger partial charge is 0.226 e. The first-order chi connectivity index (χ1) is 14.3. The van der Waals surface area contributed by atoms with Crippen molar-refractivity contribution in [3.05, 3.63) is 53.2 Å². The highest BCUT2D eigenvalue weighted by atomic mass is 32.1. The molecule has 4 heterocycles. The fraction of sp³-hybridized carbons (Fsp3) is 0.364. The molecule has 0 aliphatic heterocycles. The zero-order valence-corrected chi connectivity index (χ0v) is 17.2. The van der Waals surface area contributed by atoms with Crippen LogP contribution in [0.3, 0.4) is 0 Å². The normalized spacial score (nSPS) is 14.7. The van der Waals surface area contributed by atoms with Crippen molar-refractivity contribution in [1.82, 2.24) is 24.9 Å². The summed E-state index contributed by atoms with van der Waals surface area (Å²) in [5.41, 5.74) is 3.48. The molecule has 1 atom stereocenters. The van der Waals surface area contributed by atoms with Crippen molar-refractivity contribution in [2.75, 3.05) is 6.61 Å². The van der Waals surface area contributed by atoms with Gasteiger partial charge in [-0.15, -0.1) is 11.3 Å². The monoisotopic (exact) mass is 405 g/mol. The number of aryl methyl sites for hydroxylation is 2. The summed E-state index contributed by atoms with van der Waals surface area (Å²) >= 11 is 1.80. The van der Waals surface area contributed by atoms with Gasteiger partial charge in [-0.2, -0.15) is 4.98 Å². The van der Waals surface area contributed by atoms with E-state index < -0.39 is 0 Å². The number of fused-ring (bicyclic) bond motifs is 3. The Morgan fingerprint density at radius 2 is 2.00 bits per heavy atom. The maximum atomic E-state index is 6.32. The van der Waals surface area contributed by atoms with Crippen LogP contribution < -0.4 is 4.74 Å². The van der Waals surface area contributed by atoms with Gasteiger partial charge in [0.25, 0.3) is 0 Å². The van der Waals surface area contributed by atoms with Crippen LogP contribution in [0.1, 0.15) is 35.9 Å². The van der Waals surface area contributed by atoms with Gasteiger partial charge < -0.3 is 9.72 Å². The van der Waals surface area contributed by atoms with E-state index in [0.717, 1.165) is 46.6 Å². The minimum Gasteiger partial charge on any atom is -0.477 e. The quantitative estimate of drug-likeness (QED) is 0.507. The number of rotatable bonds is 6. The van der Waals surface area contributed by atoms with Crippen LogP contribution >= 0.6 is 11.3 Å². The van der Waals surface area contributed by atoms with Crippen LogP contribution in [0.25, 0.3) is 21.6 Å². The third-order valence-corrected chi connectivity index (χ3v) is 6.53. The predicted octanol–water partition coefficient (Wildman–Crippen LogP) is 4.61. The van der Waals surface area contributed by atoms with E-state index in [1.165, 1.54) is 23.3 Å². The Morgan fingerprint density at radius 1 is 1.14 bits per heavy atom. The SMILES string of the molecule is CC(COc1nc(-c2ccncc2)nc2sc3c(c12)CCCC3)Cc1cnc[nH]1. The van der Waals surface area contributed by atoms with E-state index >= 15 is 0 Å². The summed E-state index contributed by atoms with van der Waals surface area (Å²) in [6.07, 6.45) is 12.7. The standard InChI is InChI=1S/C22H23N5OS/c1-14(10-16-11-24-13-25-16)12-28-21-19-17-4-2-3-5-18(17)29-22(19)27-20(26-21)15-6-8-23-9-7-15/h6-9,11,13-14H,2-5,10,12H2,1H3,(H,24,25). The topological polar surface area (TPSA) is 76.6 Å². The molecule has 1 N–H and O–H groups in total. The van der Waals surface area contributed by atoms with Crippen LogP contribution in [0.2, 0.25) is 0 Å². The summed E-state index contributed by atoms with van der Waals surface area (Å²) < 4.78 is 6.32. The third kappa shape index (κ3) is 3.74. The van der Waals surface area contributed by atoms with E-state index in [9.17, 15) is 0 Å². The molecule has 0 saturated heterocycles. The molecule has 0 saturated carbocycles. The van der Waals surface area contributed by atoms with Gasteiger partial charge >= 0.3 is 0 Å². The average Bonchev–Trinajstić information content (AvgIpc) is 3.39. The first-order valence-corrected chi connectivity index (χ1v) is 10.9. The zero-order valence-electron chi connectivity index (χ0n) is 16.4. The molecule has 0 radical (unpaired) electrons. The van der Waals surface area contributed by atoms with Crippen molar-refractivity contribution in [1.29, 1.82) is 0 Å². The number of H-pyrrole nitrogens is 1. The van der Waals surface area contributed by atoms with Crippen LogP contribution in [0, 0.1) is 5.92 Å². The summed E-state index contributed by atoms with van der Waals surface area (Å²) in [6.45, 7) is 2.79. The van der Waals surface area contributed by atoms with Crippen molar-refractivity contribution < 1.29 is 4.74 Å². The van der Waals surface area contributed by atoms with Gasteiger partial charge in [-0.25, -0.2) is 9.97 Å². The van der Waals surface area contributed by atoms with Crippen molar-refractivity contribution in [3.8, 4) is 17.3 Å². The van der Waals surface area contributed by atoms with E-state index in [0.29, 0.717) is 18.3 Å². The van der Waals surface area contributed by atoms with Gasteiger partial charge in [0.05, 0.1) is 18.3 Å². The van der Waals surface area contributed by atoms with Crippen molar-refractivity contribution in [2.45, 2.75) is 39.0 Å². The lowest BCUT2D eigenvalue weighted by molar-refractivity contribution is 0.253. The second-order valence-electron chi connectivity index (χ2n) is 7.68. The first kappa shape index (κ1) is 18.2. The van der Waals surface area contributed by atoms with Gasteiger partial charge in [-0.3, -0.25) is 4.98 Å². The lowest BCUT2D eigenvalue weighted by Gasteiger charge is -2.15. The maximum Gasteiger partial charge on any atom is 0.226 e. The Morgan fingerprint density at radius 3 is 2.83 bits per heavy atom. The van der Waals surface area contributed by atoms with Gasteiger partial charge in [0.1, 0.15) is 4.83 Å². The molecule has 4 aromatic rings. The molecule has 148 valence electrons. The summed E-state index contributed by atoms with van der Waals surface area (Å²) in [5.74, 6) is 1.77. The number of ether oxygens (including phenoxy) is 1. The second kappa shape index (κ2) is 7.91. The lowest BCUT2D eigenvalue weighted by Crippen LogP contribution is -2.13. The molecule has 1 aliphatic carbocycles. The molecule has 0 aromatic carbocycles. The molecule has 4 aromatic heterocycles. The highest BCUT2D eigenvalue weighted by Crippen LogP contribution is 2.40. The Kier molecular flexibility index (Phi) is 4.97. The number of thiophene rings is 1. The second-order valence-corrected chi connectivity index (χ2v) is 8.76. The average molecular weight is 406 g/mol. The molecule has 1 unspecified atom stereocenters. The third-order valence-electron chi connectivity index (χ3n) is 5.35. The number of hydrogen-bond acceptors (Lipinski definition) is 6. The molecular weight excluding hydrogens is 382 g/mol. The van der Waals surface area contributed by atoms with Crippen molar-refractivity contribution >= 4 is 21.6 Å². The van der Waals surface area contributed by atoms with Crippen LogP contribution in [0.15, 0.2) is 37.1 Å². The number of pyridine rings is 1. The van der Waals surface area contributed by atoms with Gasteiger partial charge in [0.2, 0.25) is 5.88 Å². The van der Waals surface area contributed by atoms with Crippen LogP contribution in [0.5, 0.6) is 5.88 Å².